The third-order valence-corrected chi connectivity index (χ3v) is 6.53. The summed E-state index contributed by atoms with van der Waals surface area (Å²) in [6.07, 6.45) is 0. The first-order valence-corrected chi connectivity index (χ1v) is 10.4. The highest BCUT2D eigenvalue weighted by Gasteiger charge is 2.28. The zero-order valence-electron chi connectivity index (χ0n) is 14.7. The second-order valence-corrected chi connectivity index (χ2v) is 8.57. The molecule has 0 bridgehead atoms. The number of hydrogen-bond acceptors (Lipinski definition) is 5. The van der Waals surface area contributed by atoms with Gasteiger partial charge < -0.3 is 4.74 Å². The van der Waals surface area contributed by atoms with Gasteiger partial charge in [0, 0.05) is 37.7 Å². The van der Waals surface area contributed by atoms with Crippen LogP contribution in [0.5, 0.6) is 5.75 Å². The Balaban J connectivity index is 1.49. The molecule has 0 radical (unpaired) electrons. The van der Waals surface area contributed by atoms with Gasteiger partial charge in [-0.15, -0.1) is 0 Å². The van der Waals surface area contributed by atoms with Gasteiger partial charge in [-0.3, -0.25) is 4.90 Å². The maximum atomic E-state index is 12.7. The first kappa shape index (κ1) is 19.6. The van der Waals surface area contributed by atoms with Crippen molar-refractivity contribution in [3.05, 3.63) is 59.1 Å². The number of sulfonamides is 1. The van der Waals surface area contributed by atoms with Crippen LogP contribution in [-0.4, -0.2) is 57.0 Å². The standard InChI is InChI=1S/C19H20ClN3O3S/c20-17-4-2-6-19(14-17)27(24,25)23-9-7-22(8-10-23)11-12-26-18-5-1-3-16(13-18)15-21/h1-6,13-14H,7-12H2. The van der Waals surface area contributed by atoms with E-state index in [1.807, 2.05) is 6.07 Å². The van der Waals surface area contributed by atoms with Gasteiger partial charge in [-0.05, 0) is 36.4 Å². The van der Waals surface area contributed by atoms with Gasteiger partial charge in [0.1, 0.15) is 12.4 Å². The number of nitriles is 1. The van der Waals surface area contributed by atoms with Crippen molar-refractivity contribution < 1.29 is 13.2 Å². The fourth-order valence-electron chi connectivity index (χ4n) is 2.92. The second kappa shape index (κ2) is 8.72. The molecule has 0 N–H and O–H groups in total. The maximum Gasteiger partial charge on any atom is 0.243 e. The summed E-state index contributed by atoms with van der Waals surface area (Å²) in [5.41, 5.74) is 0.562. The molecule has 142 valence electrons. The van der Waals surface area contributed by atoms with E-state index in [2.05, 4.69) is 11.0 Å². The molecular formula is C19H20ClN3O3S. The van der Waals surface area contributed by atoms with Gasteiger partial charge in [0.15, 0.2) is 0 Å². The number of nitrogens with zero attached hydrogens (tertiary/aromatic N) is 3. The molecule has 27 heavy (non-hydrogen) atoms. The number of hydrogen-bond donors (Lipinski definition) is 0. The second-order valence-electron chi connectivity index (χ2n) is 6.19. The van der Waals surface area contributed by atoms with Crippen LogP contribution in [0.25, 0.3) is 0 Å². The van der Waals surface area contributed by atoms with Crippen molar-refractivity contribution in [1.29, 1.82) is 5.26 Å². The van der Waals surface area contributed by atoms with Crippen LogP contribution in [-0.2, 0) is 10.0 Å². The molecule has 0 amide bonds. The largest absolute Gasteiger partial charge is 0.492 e. The number of halogens is 1. The third kappa shape index (κ3) is 4.99. The molecule has 1 aliphatic rings. The average molecular weight is 406 g/mol. The smallest absolute Gasteiger partial charge is 0.243 e. The number of piperazine rings is 1. The summed E-state index contributed by atoms with van der Waals surface area (Å²) in [5, 5.41) is 9.31. The highest BCUT2D eigenvalue weighted by atomic mass is 35.5. The van der Waals surface area contributed by atoms with Gasteiger partial charge in [0.25, 0.3) is 0 Å². The zero-order chi connectivity index (χ0) is 19.3. The Hall–Kier alpha value is -2.11. The Morgan fingerprint density at radius 1 is 1.07 bits per heavy atom. The minimum Gasteiger partial charge on any atom is -0.492 e. The fraction of sp³-hybridized carbons (Fsp3) is 0.316. The molecule has 1 saturated heterocycles. The molecule has 1 heterocycles. The Morgan fingerprint density at radius 3 is 2.52 bits per heavy atom. The lowest BCUT2D eigenvalue weighted by Crippen LogP contribution is -2.49. The lowest BCUT2D eigenvalue weighted by atomic mass is 10.2. The van der Waals surface area contributed by atoms with Gasteiger partial charge in [-0.25, -0.2) is 8.42 Å². The zero-order valence-corrected chi connectivity index (χ0v) is 16.3. The molecule has 6 nitrogen and oxygen atoms in total. The van der Waals surface area contributed by atoms with E-state index in [-0.39, 0.29) is 4.90 Å². The monoisotopic (exact) mass is 405 g/mol. The summed E-state index contributed by atoms with van der Waals surface area (Å²) in [5.74, 6) is 0.663. The van der Waals surface area contributed by atoms with Gasteiger partial charge in [0.2, 0.25) is 10.0 Å². The average Bonchev–Trinajstić information content (AvgIpc) is 2.68. The van der Waals surface area contributed by atoms with Crippen LogP contribution in [0.3, 0.4) is 0 Å². The minimum atomic E-state index is -3.52. The van der Waals surface area contributed by atoms with Crippen molar-refractivity contribution in [3.8, 4) is 11.8 Å². The first-order valence-electron chi connectivity index (χ1n) is 8.60. The molecule has 3 rings (SSSR count). The highest BCUT2D eigenvalue weighted by Crippen LogP contribution is 2.21. The van der Waals surface area contributed by atoms with Gasteiger partial charge >= 0.3 is 0 Å². The number of rotatable bonds is 6. The van der Waals surface area contributed by atoms with Crippen molar-refractivity contribution in [2.45, 2.75) is 4.90 Å². The van der Waals surface area contributed by atoms with Crippen molar-refractivity contribution in [2.24, 2.45) is 0 Å². The first-order chi connectivity index (χ1) is 13.0. The Morgan fingerprint density at radius 2 is 1.81 bits per heavy atom. The van der Waals surface area contributed by atoms with E-state index in [1.165, 1.54) is 10.4 Å². The van der Waals surface area contributed by atoms with Crippen LogP contribution in [0.15, 0.2) is 53.4 Å². The normalized spacial score (nSPS) is 16.0. The molecule has 0 saturated carbocycles. The van der Waals surface area contributed by atoms with Crippen LogP contribution >= 0.6 is 11.6 Å². The summed E-state index contributed by atoms with van der Waals surface area (Å²) in [4.78, 5) is 2.39. The molecule has 2 aromatic rings. The molecule has 0 unspecified atom stereocenters. The lowest BCUT2D eigenvalue weighted by molar-refractivity contribution is 0.159. The van der Waals surface area contributed by atoms with E-state index in [0.717, 1.165) is 0 Å². The molecule has 0 spiro atoms. The predicted molar refractivity (Wildman–Crippen MR) is 103 cm³/mol. The van der Waals surface area contributed by atoms with E-state index < -0.39 is 10.0 Å². The van der Waals surface area contributed by atoms with Crippen molar-refractivity contribution in [3.63, 3.8) is 0 Å². The van der Waals surface area contributed by atoms with Crippen molar-refractivity contribution >= 4 is 21.6 Å². The third-order valence-electron chi connectivity index (χ3n) is 4.40. The van der Waals surface area contributed by atoms with Gasteiger partial charge in [-0.2, -0.15) is 9.57 Å². The fourth-order valence-corrected chi connectivity index (χ4v) is 4.64. The van der Waals surface area contributed by atoms with E-state index in [9.17, 15) is 8.42 Å². The predicted octanol–water partition coefficient (Wildman–Crippen LogP) is 2.60. The SMILES string of the molecule is N#Cc1cccc(OCCN2CCN(S(=O)(=O)c3cccc(Cl)c3)CC2)c1. The molecule has 0 aromatic heterocycles. The molecule has 1 aliphatic heterocycles. The van der Waals surface area contributed by atoms with Gasteiger partial charge in [-0.1, -0.05) is 23.7 Å². The highest BCUT2D eigenvalue weighted by molar-refractivity contribution is 7.89. The molecule has 8 heteroatoms. The molecule has 1 fully saturated rings. The van der Waals surface area contributed by atoms with Crippen LogP contribution in [0.2, 0.25) is 5.02 Å². The minimum absolute atomic E-state index is 0.226. The Bertz CT molecular complexity index is 935. The molecule has 2 aromatic carbocycles. The number of ether oxygens (including phenoxy) is 1. The van der Waals surface area contributed by atoms with Crippen LogP contribution in [0.4, 0.5) is 0 Å². The van der Waals surface area contributed by atoms with Crippen LogP contribution in [0.1, 0.15) is 5.56 Å². The number of benzene rings is 2. The van der Waals surface area contributed by atoms with Crippen LogP contribution in [0, 0.1) is 11.3 Å². The maximum absolute atomic E-state index is 12.7. The van der Waals surface area contributed by atoms with Crippen molar-refractivity contribution in [1.82, 2.24) is 9.21 Å². The summed E-state index contributed by atoms with van der Waals surface area (Å²) >= 11 is 5.92. The summed E-state index contributed by atoms with van der Waals surface area (Å²) < 4.78 is 32.6. The molecular weight excluding hydrogens is 386 g/mol. The lowest BCUT2D eigenvalue weighted by Gasteiger charge is -2.33. The summed E-state index contributed by atoms with van der Waals surface area (Å²) in [7, 11) is -3.52. The summed E-state index contributed by atoms with van der Waals surface area (Å²) in [6.45, 7) is 3.32. The van der Waals surface area contributed by atoms with E-state index >= 15 is 0 Å². The molecule has 0 aliphatic carbocycles. The molecule has 0 atom stereocenters. The van der Waals surface area contributed by atoms with E-state index in [1.54, 1.807) is 36.4 Å². The van der Waals surface area contributed by atoms with Crippen molar-refractivity contribution in [2.75, 3.05) is 39.3 Å². The van der Waals surface area contributed by atoms with Gasteiger partial charge in [0.05, 0.1) is 16.5 Å². The van der Waals surface area contributed by atoms with E-state index in [0.29, 0.717) is 55.7 Å². The van der Waals surface area contributed by atoms with Crippen LogP contribution < -0.4 is 4.74 Å². The topological polar surface area (TPSA) is 73.6 Å². The Labute approximate surface area is 164 Å². The summed E-state index contributed by atoms with van der Waals surface area (Å²) in [6, 6.07) is 15.5. The quantitative estimate of drug-likeness (QED) is 0.738. The van der Waals surface area contributed by atoms with E-state index in [4.69, 9.17) is 21.6 Å². The Kier molecular flexibility index (Phi) is 6.34.